The van der Waals surface area contributed by atoms with E-state index >= 15 is 0 Å². The maximum atomic E-state index is 12.7. The van der Waals surface area contributed by atoms with E-state index in [9.17, 15) is 18.0 Å². The minimum absolute atomic E-state index is 0.147. The molecule has 2 rings (SSSR count). The third kappa shape index (κ3) is 2.92. The molecule has 1 heterocycles. The van der Waals surface area contributed by atoms with Crippen molar-refractivity contribution >= 4 is 17.1 Å². The number of nitrogens with zero attached hydrogens (tertiary/aromatic N) is 2. The molecule has 108 valence electrons. The smallest absolute Gasteiger partial charge is 0.337 e. The fourth-order valence-electron chi connectivity index (χ4n) is 1.80. The van der Waals surface area contributed by atoms with Crippen molar-refractivity contribution in [2.24, 2.45) is 0 Å². The second kappa shape index (κ2) is 5.52. The summed E-state index contributed by atoms with van der Waals surface area (Å²) in [4.78, 5) is 15.8. The highest BCUT2D eigenvalue weighted by atomic mass is 19.4. The van der Waals surface area contributed by atoms with Crippen LogP contribution in [0.15, 0.2) is 24.5 Å². The van der Waals surface area contributed by atoms with Crippen molar-refractivity contribution in [1.82, 2.24) is 14.9 Å². The first-order chi connectivity index (χ1) is 9.43. The van der Waals surface area contributed by atoms with Crippen molar-refractivity contribution in [3.8, 4) is 0 Å². The lowest BCUT2D eigenvalue weighted by Gasteiger charge is -2.08. The summed E-state index contributed by atoms with van der Waals surface area (Å²) in [5, 5.41) is 2.64. The second-order valence-electron chi connectivity index (χ2n) is 4.40. The van der Waals surface area contributed by atoms with Crippen LogP contribution < -0.4 is 5.32 Å². The van der Waals surface area contributed by atoms with Gasteiger partial charge in [-0.15, -0.1) is 0 Å². The molecule has 4 nitrogen and oxygen atoms in total. The van der Waals surface area contributed by atoms with E-state index in [1.54, 1.807) is 0 Å². The topological polar surface area (TPSA) is 46.9 Å². The van der Waals surface area contributed by atoms with Gasteiger partial charge in [0.15, 0.2) is 0 Å². The molecular formula is C13H14F3N3O. The molecule has 0 aliphatic heterocycles. The average Bonchev–Trinajstić information content (AvgIpc) is 2.80. The van der Waals surface area contributed by atoms with Crippen LogP contribution in [0.25, 0.3) is 11.0 Å². The Hall–Kier alpha value is -2.05. The monoisotopic (exact) mass is 285 g/mol. The van der Waals surface area contributed by atoms with E-state index in [2.05, 4.69) is 10.3 Å². The van der Waals surface area contributed by atoms with Gasteiger partial charge in [0.25, 0.3) is 0 Å². The van der Waals surface area contributed by atoms with Crippen LogP contribution in [-0.4, -0.2) is 22.1 Å². The van der Waals surface area contributed by atoms with Crippen LogP contribution in [0, 0.1) is 0 Å². The maximum absolute atomic E-state index is 12.7. The van der Waals surface area contributed by atoms with Gasteiger partial charge < -0.3 is 5.32 Å². The van der Waals surface area contributed by atoms with Crippen molar-refractivity contribution in [1.29, 1.82) is 0 Å². The van der Waals surface area contributed by atoms with Crippen LogP contribution in [0.1, 0.15) is 25.3 Å². The number of carbonyl (C=O) groups excluding carboxylic acids is 1. The van der Waals surface area contributed by atoms with Crippen LogP contribution in [0.2, 0.25) is 0 Å². The Labute approximate surface area is 113 Å². The van der Waals surface area contributed by atoms with E-state index in [1.165, 1.54) is 12.4 Å². The fraction of sp³-hybridized carbons (Fsp3) is 0.385. The largest absolute Gasteiger partial charge is 0.416 e. The number of halogens is 3. The third-order valence-electron chi connectivity index (χ3n) is 2.90. The van der Waals surface area contributed by atoms with Gasteiger partial charge in [-0.3, -0.25) is 4.57 Å². The lowest BCUT2D eigenvalue weighted by atomic mass is 10.2. The second-order valence-corrected chi connectivity index (χ2v) is 4.40. The van der Waals surface area contributed by atoms with E-state index in [-0.39, 0.29) is 5.52 Å². The summed E-state index contributed by atoms with van der Waals surface area (Å²) in [5.41, 5.74) is -0.300. The van der Waals surface area contributed by atoms with Gasteiger partial charge in [0.1, 0.15) is 6.33 Å². The Kier molecular flexibility index (Phi) is 3.96. The average molecular weight is 285 g/mol. The van der Waals surface area contributed by atoms with Crippen LogP contribution in [0.4, 0.5) is 18.0 Å². The van der Waals surface area contributed by atoms with Crippen molar-refractivity contribution in [2.45, 2.75) is 25.9 Å². The van der Waals surface area contributed by atoms with Crippen molar-refractivity contribution < 1.29 is 18.0 Å². The predicted octanol–water partition coefficient (Wildman–Crippen LogP) is 3.41. The highest BCUT2D eigenvalue weighted by Crippen LogP contribution is 2.31. The van der Waals surface area contributed by atoms with Gasteiger partial charge in [-0.2, -0.15) is 13.2 Å². The molecule has 0 aliphatic rings. The Morgan fingerprint density at radius 3 is 2.80 bits per heavy atom. The minimum Gasteiger partial charge on any atom is -0.337 e. The summed E-state index contributed by atoms with van der Waals surface area (Å²) in [6, 6.07) is 2.67. The molecular weight excluding hydrogens is 271 g/mol. The number of imidazole rings is 1. The first-order valence-corrected chi connectivity index (χ1v) is 6.26. The van der Waals surface area contributed by atoms with Crippen molar-refractivity contribution in [2.75, 3.05) is 6.54 Å². The summed E-state index contributed by atoms with van der Waals surface area (Å²) in [6.07, 6.45) is -1.48. The van der Waals surface area contributed by atoms with Crippen LogP contribution >= 0.6 is 0 Å². The van der Waals surface area contributed by atoms with E-state index in [1.807, 2.05) is 6.92 Å². The molecule has 0 bridgehead atoms. The molecule has 0 fully saturated rings. The first-order valence-electron chi connectivity index (χ1n) is 6.26. The molecule has 1 N–H and O–H groups in total. The van der Waals surface area contributed by atoms with E-state index in [0.29, 0.717) is 12.1 Å². The Morgan fingerprint density at radius 2 is 2.15 bits per heavy atom. The van der Waals surface area contributed by atoms with Crippen molar-refractivity contribution in [3.05, 3.63) is 30.1 Å². The lowest BCUT2D eigenvalue weighted by Crippen LogP contribution is -2.28. The van der Waals surface area contributed by atoms with Gasteiger partial charge in [0, 0.05) is 6.54 Å². The van der Waals surface area contributed by atoms with Gasteiger partial charge in [-0.05, 0) is 24.6 Å². The molecule has 1 amide bonds. The zero-order valence-electron chi connectivity index (χ0n) is 10.9. The zero-order valence-corrected chi connectivity index (χ0v) is 10.9. The molecule has 0 saturated heterocycles. The lowest BCUT2D eigenvalue weighted by molar-refractivity contribution is -0.137. The third-order valence-corrected chi connectivity index (χ3v) is 2.90. The molecule has 0 atom stereocenters. The SMILES string of the molecule is CCCCNC(=O)n1cnc2ccc(C(F)(F)F)cc21. The summed E-state index contributed by atoms with van der Waals surface area (Å²) in [7, 11) is 0. The van der Waals surface area contributed by atoms with E-state index < -0.39 is 17.8 Å². The highest BCUT2D eigenvalue weighted by Gasteiger charge is 2.31. The molecule has 0 radical (unpaired) electrons. The summed E-state index contributed by atoms with van der Waals surface area (Å²) >= 11 is 0. The van der Waals surface area contributed by atoms with Gasteiger partial charge in [0.2, 0.25) is 0 Å². The molecule has 20 heavy (non-hydrogen) atoms. The number of nitrogens with one attached hydrogen (secondary N) is 1. The Balaban J connectivity index is 2.32. The number of amides is 1. The Morgan fingerprint density at radius 1 is 1.40 bits per heavy atom. The predicted molar refractivity (Wildman–Crippen MR) is 68.4 cm³/mol. The maximum Gasteiger partial charge on any atom is 0.416 e. The van der Waals surface area contributed by atoms with Crippen LogP contribution in [-0.2, 0) is 6.18 Å². The van der Waals surface area contributed by atoms with Gasteiger partial charge in [0.05, 0.1) is 16.6 Å². The quantitative estimate of drug-likeness (QED) is 0.878. The molecule has 0 unspecified atom stereocenters. The van der Waals surface area contributed by atoms with Gasteiger partial charge in [-0.25, -0.2) is 9.78 Å². The molecule has 0 saturated carbocycles. The highest BCUT2D eigenvalue weighted by molar-refractivity contribution is 5.89. The Bertz CT molecular complexity index is 619. The minimum atomic E-state index is -4.44. The number of hydrogen-bond acceptors (Lipinski definition) is 2. The number of aromatic nitrogens is 2. The van der Waals surface area contributed by atoms with Crippen LogP contribution in [0.3, 0.4) is 0 Å². The van der Waals surface area contributed by atoms with Gasteiger partial charge >= 0.3 is 12.2 Å². The first kappa shape index (κ1) is 14.4. The number of fused-ring (bicyclic) bond motifs is 1. The molecule has 0 aliphatic carbocycles. The van der Waals surface area contributed by atoms with E-state index in [4.69, 9.17) is 0 Å². The number of hydrogen-bond donors (Lipinski definition) is 1. The molecule has 1 aromatic heterocycles. The molecule has 1 aromatic carbocycles. The molecule has 2 aromatic rings. The number of carbonyl (C=O) groups is 1. The summed E-state index contributed by atoms with van der Waals surface area (Å²) in [5.74, 6) is 0. The standard InChI is InChI=1S/C13H14F3N3O/c1-2-3-6-17-12(20)19-8-18-10-5-4-9(7-11(10)19)13(14,15)16/h4-5,7-8H,2-3,6H2,1H3,(H,17,20). The number of benzene rings is 1. The summed E-state index contributed by atoms with van der Waals surface area (Å²) < 4.78 is 39.1. The fourth-order valence-corrected chi connectivity index (χ4v) is 1.80. The van der Waals surface area contributed by atoms with Crippen molar-refractivity contribution in [3.63, 3.8) is 0 Å². The number of rotatable bonds is 3. The van der Waals surface area contributed by atoms with E-state index in [0.717, 1.165) is 29.5 Å². The van der Waals surface area contributed by atoms with Gasteiger partial charge in [-0.1, -0.05) is 13.3 Å². The molecule has 0 spiro atoms. The number of unbranched alkanes of at least 4 members (excludes halogenated alkanes) is 1. The zero-order chi connectivity index (χ0) is 14.8. The molecule has 7 heteroatoms. The summed E-state index contributed by atoms with van der Waals surface area (Å²) in [6.45, 7) is 2.46. The van der Waals surface area contributed by atoms with Crippen LogP contribution in [0.5, 0.6) is 0 Å². The normalized spacial score (nSPS) is 11.8. The number of alkyl halides is 3.